The van der Waals surface area contributed by atoms with Crippen LogP contribution in [0.25, 0.3) is 11.3 Å². The number of rotatable bonds is 4. The molecule has 0 spiro atoms. The van der Waals surface area contributed by atoms with Gasteiger partial charge in [-0.1, -0.05) is 36.8 Å². The van der Waals surface area contributed by atoms with Crippen molar-refractivity contribution in [3.05, 3.63) is 57.4 Å². The molecule has 1 heterocycles. The summed E-state index contributed by atoms with van der Waals surface area (Å²) in [6.45, 7) is 8.33. The van der Waals surface area contributed by atoms with Crippen molar-refractivity contribution in [1.29, 1.82) is 0 Å². The lowest BCUT2D eigenvalue weighted by atomic mass is 10.0. The maximum absolute atomic E-state index is 12.7. The molecule has 2 aromatic rings. The van der Waals surface area contributed by atoms with Crippen molar-refractivity contribution >= 4 is 11.6 Å². The summed E-state index contributed by atoms with van der Waals surface area (Å²) in [5, 5.41) is 0. The maximum atomic E-state index is 12.7. The van der Waals surface area contributed by atoms with Gasteiger partial charge in [0.25, 0.3) is 5.56 Å². The van der Waals surface area contributed by atoms with Gasteiger partial charge in [0, 0.05) is 17.2 Å². The molecule has 1 aromatic carbocycles. The van der Waals surface area contributed by atoms with E-state index in [1.165, 1.54) is 11.1 Å². The van der Waals surface area contributed by atoms with Crippen LogP contribution < -0.4 is 5.56 Å². The number of pyridine rings is 1. The van der Waals surface area contributed by atoms with Gasteiger partial charge in [0.05, 0.1) is 11.6 Å². The summed E-state index contributed by atoms with van der Waals surface area (Å²) in [6, 6.07) is 10.3. The molecule has 1 aromatic heterocycles. The Morgan fingerprint density at radius 2 is 1.90 bits per heavy atom. The standard InChI is InChI=1S/C18H22ClNO/c1-5-14(4)20-17(9-7-15(11-19)18(20)21)16-8-6-12(2)10-13(16)3/h6-10,14H,5,11H2,1-4H3. The smallest absolute Gasteiger partial charge is 0.255 e. The molecule has 112 valence electrons. The van der Waals surface area contributed by atoms with Crippen LogP contribution in [-0.2, 0) is 5.88 Å². The van der Waals surface area contributed by atoms with Gasteiger partial charge in [-0.2, -0.15) is 0 Å². The highest BCUT2D eigenvalue weighted by atomic mass is 35.5. The minimum absolute atomic E-state index is 0.0248. The summed E-state index contributed by atoms with van der Waals surface area (Å²) < 4.78 is 1.88. The summed E-state index contributed by atoms with van der Waals surface area (Å²) in [4.78, 5) is 12.7. The highest BCUT2D eigenvalue weighted by Gasteiger charge is 2.15. The molecule has 0 fully saturated rings. The number of aryl methyl sites for hydroxylation is 2. The molecule has 0 aliphatic carbocycles. The first-order valence-corrected chi connectivity index (χ1v) is 7.91. The SMILES string of the molecule is CCC(C)n1c(-c2ccc(C)cc2C)ccc(CCl)c1=O. The minimum atomic E-state index is 0.0248. The van der Waals surface area contributed by atoms with E-state index in [1.54, 1.807) is 0 Å². The van der Waals surface area contributed by atoms with Gasteiger partial charge in [-0.05, 0) is 38.8 Å². The number of aromatic nitrogens is 1. The zero-order valence-corrected chi connectivity index (χ0v) is 13.9. The van der Waals surface area contributed by atoms with E-state index >= 15 is 0 Å². The fourth-order valence-electron chi connectivity index (χ4n) is 2.64. The Bertz CT molecular complexity index is 703. The first-order chi connectivity index (χ1) is 9.99. The lowest BCUT2D eigenvalue weighted by Crippen LogP contribution is -2.27. The Morgan fingerprint density at radius 1 is 1.19 bits per heavy atom. The molecular weight excluding hydrogens is 282 g/mol. The van der Waals surface area contributed by atoms with Crippen molar-refractivity contribution < 1.29 is 0 Å². The van der Waals surface area contributed by atoms with Gasteiger partial charge in [0.1, 0.15) is 0 Å². The van der Waals surface area contributed by atoms with Gasteiger partial charge in [0.2, 0.25) is 0 Å². The lowest BCUT2D eigenvalue weighted by Gasteiger charge is -2.21. The van der Waals surface area contributed by atoms with E-state index in [0.29, 0.717) is 5.56 Å². The fourth-order valence-corrected chi connectivity index (χ4v) is 2.84. The molecule has 1 atom stereocenters. The lowest BCUT2D eigenvalue weighted by molar-refractivity contribution is 0.517. The molecule has 2 nitrogen and oxygen atoms in total. The number of halogens is 1. The van der Waals surface area contributed by atoms with E-state index in [9.17, 15) is 4.79 Å². The van der Waals surface area contributed by atoms with E-state index in [0.717, 1.165) is 17.7 Å². The minimum Gasteiger partial charge on any atom is -0.305 e. The third kappa shape index (κ3) is 3.06. The quantitative estimate of drug-likeness (QED) is 0.741. The molecule has 1 unspecified atom stereocenters. The molecule has 21 heavy (non-hydrogen) atoms. The molecule has 0 aliphatic heterocycles. The summed E-state index contributed by atoms with van der Waals surface area (Å²) in [5.74, 6) is 0.252. The van der Waals surface area contributed by atoms with Crippen LogP contribution in [0, 0.1) is 13.8 Å². The second-order valence-electron chi connectivity index (χ2n) is 5.63. The molecule has 3 heteroatoms. The number of alkyl halides is 1. The van der Waals surface area contributed by atoms with Crippen molar-refractivity contribution in [2.75, 3.05) is 0 Å². The Hall–Kier alpha value is -1.54. The van der Waals surface area contributed by atoms with E-state index in [-0.39, 0.29) is 17.5 Å². The second-order valence-corrected chi connectivity index (χ2v) is 5.90. The highest BCUT2D eigenvalue weighted by molar-refractivity contribution is 6.17. The Morgan fingerprint density at radius 3 is 2.48 bits per heavy atom. The van der Waals surface area contributed by atoms with Gasteiger partial charge in [-0.25, -0.2) is 0 Å². The predicted molar refractivity (Wildman–Crippen MR) is 90.2 cm³/mol. The van der Waals surface area contributed by atoms with Crippen LogP contribution in [0.3, 0.4) is 0 Å². The van der Waals surface area contributed by atoms with E-state index in [1.807, 2.05) is 16.7 Å². The Kier molecular flexibility index (Phi) is 4.89. The molecule has 0 N–H and O–H groups in total. The number of benzene rings is 1. The van der Waals surface area contributed by atoms with Gasteiger partial charge in [-0.3, -0.25) is 4.79 Å². The summed E-state index contributed by atoms with van der Waals surface area (Å²) in [6.07, 6.45) is 0.906. The van der Waals surface area contributed by atoms with E-state index in [2.05, 4.69) is 45.9 Å². The normalized spacial score (nSPS) is 12.4. The van der Waals surface area contributed by atoms with Crippen LogP contribution in [0.15, 0.2) is 35.1 Å². The van der Waals surface area contributed by atoms with Crippen molar-refractivity contribution in [3.8, 4) is 11.3 Å². The summed E-state index contributed by atoms with van der Waals surface area (Å²) in [5.41, 5.74) is 5.18. The molecule has 0 radical (unpaired) electrons. The topological polar surface area (TPSA) is 22.0 Å². The van der Waals surface area contributed by atoms with Crippen LogP contribution in [-0.4, -0.2) is 4.57 Å². The second kappa shape index (κ2) is 6.48. The van der Waals surface area contributed by atoms with E-state index < -0.39 is 0 Å². The molecule has 0 amide bonds. The van der Waals surface area contributed by atoms with Crippen molar-refractivity contribution in [1.82, 2.24) is 4.57 Å². The Labute approximate surface area is 131 Å². The molecule has 2 rings (SSSR count). The third-order valence-corrected chi connectivity index (χ3v) is 4.32. The summed E-state index contributed by atoms with van der Waals surface area (Å²) in [7, 11) is 0. The highest BCUT2D eigenvalue weighted by Crippen LogP contribution is 2.26. The molecule has 0 saturated heterocycles. The van der Waals surface area contributed by atoms with Gasteiger partial charge in [0.15, 0.2) is 0 Å². The first-order valence-electron chi connectivity index (χ1n) is 7.37. The average Bonchev–Trinajstić information content (AvgIpc) is 2.46. The monoisotopic (exact) mass is 303 g/mol. The van der Waals surface area contributed by atoms with Crippen molar-refractivity contribution in [2.45, 2.75) is 46.0 Å². The first kappa shape index (κ1) is 15.8. The zero-order chi connectivity index (χ0) is 15.6. The van der Waals surface area contributed by atoms with Crippen LogP contribution in [0.1, 0.15) is 43.0 Å². The van der Waals surface area contributed by atoms with Gasteiger partial charge >= 0.3 is 0 Å². The maximum Gasteiger partial charge on any atom is 0.255 e. The molecule has 0 aliphatic rings. The number of hydrogen-bond donors (Lipinski definition) is 0. The molecule has 0 bridgehead atoms. The largest absolute Gasteiger partial charge is 0.305 e. The van der Waals surface area contributed by atoms with Crippen LogP contribution in [0.5, 0.6) is 0 Å². The zero-order valence-electron chi connectivity index (χ0n) is 13.1. The predicted octanol–water partition coefficient (Wildman–Crippen LogP) is 4.84. The fraction of sp³-hybridized carbons (Fsp3) is 0.389. The van der Waals surface area contributed by atoms with Crippen molar-refractivity contribution in [3.63, 3.8) is 0 Å². The van der Waals surface area contributed by atoms with Crippen LogP contribution >= 0.6 is 11.6 Å². The molecule has 0 saturated carbocycles. The molecular formula is C18H22ClNO. The number of nitrogens with zero attached hydrogens (tertiary/aromatic N) is 1. The van der Waals surface area contributed by atoms with Crippen LogP contribution in [0.2, 0.25) is 0 Å². The third-order valence-electron chi connectivity index (χ3n) is 4.03. The van der Waals surface area contributed by atoms with Gasteiger partial charge < -0.3 is 4.57 Å². The Balaban J connectivity index is 2.74. The van der Waals surface area contributed by atoms with Crippen molar-refractivity contribution in [2.24, 2.45) is 0 Å². The van der Waals surface area contributed by atoms with Gasteiger partial charge in [-0.15, -0.1) is 11.6 Å². The van der Waals surface area contributed by atoms with Crippen LogP contribution in [0.4, 0.5) is 0 Å². The number of hydrogen-bond acceptors (Lipinski definition) is 1. The summed E-state index contributed by atoms with van der Waals surface area (Å²) >= 11 is 5.89. The average molecular weight is 304 g/mol. The van der Waals surface area contributed by atoms with E-state index in [4.69, 9.17) is 11.6 Å².